The van der Waals surface area contributed by atoms with Crippen molar-refractivity contribution in [2.75, 3.05) is 13.7 Å². The zero-order valence-corrected chi connectivity index (χ0v) is 17.7. The van der Waals surface area contributed by atoms with Gasteiger partial charge in [0.15, 0.2) is 0 Å². The first-order chi connectivity index (χ1) is 14.4. The lowest BCUT2D eigenvalue weighted by atomic mass is 10.0. The molecule has 30 heavy (non-hydrogen) atoms. The van der Waals surface area contributed by atoms with Crippen LogP contribution >= 0.6 is 15.9 Å². The molecule has 0 radical (unpaired) electrons. The molecule has 0 atom stereocenters. The summed E-state index contributed by atoms with van der Waals surface area (Å²) in [4.78, 5) is 25.5. The van der Waals surface area contributed by atoms with E-state index < -0.39 is 24.2 Å². The molecule has 1 amide bonds. The third-order valence-electron chi connectivity index (χ3n) is 4.52. The number of carbonyl (C=O) groups is 2. The number of carboxylic acids is 1. The average Bonchev–Trinajstić information content (AvgIpc) is 2.74. The van der Waals surface area contributed by atoms with Gasteiger partial charge in [0.2, 0.25) is 0 Å². The molecule has 1 N–H and O–H groups in total. The van der Waals surface area contributed by atoms with Crippen LogP contribution in [0.3, 0.4) is 0 Å². The van der Waals surface area contributed by atoms with Crippen molar-refractivity contribution in [2.45, 2.75) is 6.54 Å². The fourth-order valence-electron chi connectivity index (χ4n) is 3.10. The van der Waals surface area contributed by atoms with E-state index in [-0.39, 0.29) is 12.1 Å². The number of rotatable bonds is 7. The van der Waals surface area contributed by atoms with Crippen LogP contribution in [0.25, 0.3) is 11.1 Å². The second kappa shape index (κ2) is 9.54. The van der Waals surface area contributed by atoms with E-state index in [1.54, 1.807) is 31.4 Å². The van der Waals surface area contributed by atoms with Crippen LogP contribution in [0.4, 0.5) is 4.39 Å². The summed E-state index contributed by atoms with van der Waals surface area (Å²) in [5.74, 6) is -1.55. The number of ether oxygens (including phenoxy) is 1. The molecular formula is C23H19BrFNO4. The highest BCUT2D eigenvalue weighted by Crippen LogP contribution is 2.30. The van der Waals surface area contributed by atoms with Crippen molar-refractivity contribution in [3.8, 4) is 16.9 Å². The number of para-hydroxylation sites is 1. The normalized spacial score (nSPS) is 10.5. The lowest BCUT2D eigenvalue weighted by Crippen LogP contribution is -2.35. The van der Waals surface area contributed by atoms with Gasteiger partial charge in [-0.25, -0.2) is 4.39 Å². The number of aliphatic carboxylic acids is 1. The predicted molar refractivity (Wildman–Crippen MR) is 115 cm³/mol. The Labute approximate surface area is 181 Å². The summed E-state index contributed by atoms with van der Waals surface area (Å²) in [6.45, 7) is -0.712. The third kappa shape index (κ3) is 5.04. The number of benzene rings is 3. The fourth-order valence-corrected chi connectivity index (χ4v) is 3.44. The van der Waals surface area contributed by atoms with E-state index in [1.165, 1.54) is 12.1 Å². The summed E-state index contributed by atoms with van der Waals surface area (Å²) in [5, 5.41) is 9.26. The molecule has 3 rings (SSSR count). The van der Waals surface area contributed by atoms with Crippen LogP contribution in [0.2, 0.25) is 0 Å². The maximum Gasteiger partial charge on any atom is 0.323 e. The number of halogens is 2. The van der Waals surface area contributed by atoms with Crippen LogP contribution in [0.5, 0.6) is 5.75 Å². The molecule has 3 aromatic carbocycles. The number of hydrogen-bond acceptors (Lipinski definition) is 3. The molecule has 0 saturated carbocycles. The second-order valence-corrected chi connectivity index (χ2v) is 7.49. The molecule has 5 nitrogen and oxygen atoms in total. The predicted octanol–water partition coefficient (Wildman–Crippen LogP) is 4.99. The smallest absolute Gasteiger partial charge is 0.323 e. The first-order valence-electron chi connectivity index (χ1n) is 9.07. The third-order valence-corrected chi connectivity index (χ3v) is 5.01. The van der Waals surface area contributed by atoms with E-state index in [2.05, 4.69) is 15.9 Å². The topological polar surface area (TPSA) is 66.8 Å². The van der Waals surface area contributed by atoms with Gasteiger partial charge in [-0.3, -0.25) is 9.59 Å². The quantitative estimate of drug-likeness (QED) is 0.526. The van der Waals surface area contributed by atoms with Crippen molar-refractivity contribution < 1.29 is 23.8 Å². The van der Waals surface area contributed by atoms with Crippen LogP contribution in [0.1, 0.15) is 15.9 Å². The second-order valence-electron chi connectivity index (χ2n) is 6.57. The van der Waals surface area contributed by atoms with Gasteiger partial charge in [-0.15, -0.1) is 0 Å². The molecule has 0 heterocycles. The Morgan fingerprint density at radius 2 is 1.83 bits per heavy atom. The van der Waals surface area contributed by atoms with Crippen molar-refractivity contribution in [3.63, 3.8) is 0 Å². The number of amides is 1. The van der Waals surface area contributed by atoms with Gasteiger partial charge in [-0.05, 0) is 35.9 Å². The lowest BCUT2D eigenvalue weighted by Gasteiger charge is -2.22. The summed E-state index contributed by atoms with van der Waals surface area (Å²) in [7, 11) is 1.56. The Kier molecular flexibility index (Phi) is 6.84. The van der Waals surface area contributed by atoms with Gasteiger partial charge in [0, 0.05) is 27.7 Å². The lowest BCUT2D eigenvalue weighted by molar-refractivity contribution is -0.137. The van der Waals surface area contributed by atoms with Crippen LogP contribution in [0, 0.1) is 5.82 Å². The number of hydrogen-bond donors (Lipinski definition) is 1. The van der Waals surface area contributed by atoms with Crippen LogP contribution in [-0.4, -0.2) is 35.5 Å². The van der Waals surface area contributed by atoms with Gasteiger partial charge >= 0.3 is 5.97 Å². The zero-order chi connectivity index (χ0) is 21.7. The number of carbonyl (C=O) groups excluding carboxylic acids is 1. The summed E-state index contributed by atoms with van der Waals surface area (Å²) < 4.78 is 20.2. The summed E-state index contributed by atoms with van der Waals surface area (Å²) in [5.41, 5.74) is 2.09. The minimum absolute atomic E-state index is 0.164. The van der Waals surface area contributed by atoms with Crippen LogP contribution in [0.15, 0.2) is 71.2 Å². The summed E-state index contributed by atoms with van der Waals surface area (Å²) in [6.07, 6.45) is 0. The maximum absolute atomic E-state index is 14.3. The van der Waals surface area contributed by atoms with Crippen molar-refractivity contribution in [3.05, 3.63) is 88.1 Å². The molecule has 7 heteroatoms. The molecule has 0 saturated heterocycles. The average molecular weight is 472 g/mol. The Balaban J connectivity index is 1.94. The molecule has 0 bridgehead atoms. The molecule has 3 aromatic rings. The van der Waals surface area contributed by atoms with Gasteiger partial charge in [-0.1, -0.05) is 52.3 Å². The minimum Gasteiger partial charge on any atom is -0.496 e. The van der Waals surface area contributed by atoms with E-state index in [0.717, 1.165) is 16.0 Å². The Bertz CT molecular complexity index is 1090. The van der Waals surface area contributed by atoms with E-state index in [1.807, 2.05) is 30.3 Å². The van der Waals surface area contributed by atoms with Crippen LogP contribution < -0.4 is 4.74 Å². The van der Waals surface area contributed by atoms with E-state index in [4.69, 9.17) is 4.74 Å². The van der Waals surface area contributed by atoms with Gasteiger partial charge in [0.05, 0.1) is 7.11 Å². The van der Waals surface area contributed by atoms with E-state index in [0.29, 0.717) is 15.8 Å². The van der Waals surface area contributed by atoms with Crippen molar-refractivity contribution >= 4 is 27.8 Å². The van der Waals surface area contributed by atoms with Crippen molar-refractivity contribution in [1.82, 2.24) is 4.90 Å². The first kappa shape index (κ1) is 21.5. The number of carboxylic acid groups (broad SMARTS) is 1. The van der Waals surface area contributed by atoms with Crippen molar-refractivity contribution in [2.24, 2.45) is 0 Å². The summed E-state index contributed by atoms with van der Waals surface area (Å²) >= 11 is 3.19. The van der Waals surface area contributed by atoms with Gasteiger partial charge < -0.3 is 14.7 Å². The zero-order valence-electron chi connectivity index (χ0n) is 16.1. The molecule has 0 aliphatic carbocycles. The van der Waals surface area contributed by atoms with Gasteiger partial charge in [0.1, 0.15) is 18.1 Å². The largest absolute Gasteiger partial charge is 0.496 e. The number of nitrogens with zero attached hydrogens (tertiary/aromatic N) is 1. The molecule has 0 unspecified atom stereocenters. The van der Waals surface area contributed by atoms with Crippen molar-refractivity contribution in [1.29, 1.82) is 0 Å². The highest BCUT2D eigenvalue weighted by Gasteiger charge is 2.21. The molecule has 0 aromatic heterocycles. The highest BCUT2D eigenvalue weighted by molar-refractivity contribution is 9.10. The fraction of sp³-hybridized carbons (Fsp3) is 0.130. The SMILES string of the molecule is COc1ccccc1-c1cccc(C(=O)N(CC(=O)O)Cc2ccc(Br)cc2F)c1. The standard InChI is InChI=1S/C23H19BrFNO4/c1-30-21-8-3-2-7-19(21)15-5-4-6-16(11-15)23(29)26(14-22(27)28)13-17-9-10-18(24)12-20(17)25/h2-12H,13-14H2,1H3,(H,27,28). The minimum atomic E-state index is -1.18. The van der Waals surface area contributed by atoms with Crippen LogP contribution in [-0.2, 0) is 11.3 Å². The molecule has 0 aliphatic rings. The van der Waals surface area contributed by atoms with Gasteiger partial charge in [0.25, 0.3) is 5.91 Å². The van der Waals surface area contributed by atoms with E-state index in [9.17, 15) is 19.1 Å². The molecule has 0 spiro atoms. The maximum atomic E-state index is 14.3. The molecular weight excluding hydrogens is 453 g/mol. The monoisotopic (exact) mass is 471 g/mol. The molecule has 0 aliphatic heterocycles. The first-order valence-corrected chi connectivity index (χ1v) is 9.87. The van der Waals surface area contributed by atoms with E-state index >= 15 is 0 Å². The molecule has 0 fully saturated rings. The highest BCUT2D eigenvalue weighted by atomic mass is 79.9. The molecule has 154 valence electrons. The summed E-state index contributed by atoms with van der Waals surface area (Å²) in [6, 6.07) is 18.7. The Morgan fingerprint density at radius 1 is 1.07 bits per heavy atom. The van der Waals surface area contributed by atoms with Gasteiger partial charge in [-0.2, -0.15) is 0 Å². The Hall–Kier alpha value is -3.19. The number of methoxy groups -OCH3 is 1. The Morgan fingerprint density at radius 3 is 2.53 bits per heavy atom.